The minimum absolute atomic E-state index is 0.300. The van der Waals surface area contributed by atoms with E-state index in [9.17, 15) is 0 Å². The van der Waals surface area contributed by atoms with Crippen molar-refractivity contribution in [3.63, 3.8) is 0 Å². The molecule has 0 aromatic carbocycles. The normalized spacial score (nSPS) is 8.71. The van der Waals surface area contributed by atoms with Gasteiger partial charge in [0, 0.05) is 0 Å². The molecule has 0 radical (unpaired) electrons. The van der Waals surface area contributed by atoms with Crippen LogP contribution in [0.2, 0.25) is 0 Å². The maximum absolute atomic E-state index is 8.74. The zero-order chi connectivity index (χ0) is 6.50. The van der Waals surface area contributed by atoms with E-state index in [1.165, 1.54) is 0 Å². The van der Waals surface area contributed by atoms with E-state index in [4.69, 9.17) is 20.3 Å². The van der Waals surface area contributed by atoms with Gasteiger partial charge < -0.3 is 0 Å². The van der Waals surface area contributed by atoms with Crippen LogP contribution in [-0.2, 0) is 37.9 Å². The van der Waals surface area contributed by atoms with E-state index in [1.807, 2.05) is 0 Å². The zero-order valence-electron chi connectivity index (χ0n) is 3.03. The molecule has 0 aliphatic heterocycles. The zero-order valence-corrected chi connectivity index (χ0v) is 6.30. The molecule has 0 aliphatic rings. The van der Waals surface area contributed by atoms with Crippen molar-refractivity contribution in [3.8, 4) is 0 Å². The molecule has 0 amide bonds. The second-order valence-electron chi connectivity index (χ2n) is 0.448. The van der Waals surface area contributed by atoms with Crippen molar-refractivity contribution < 1.29 is 45.1 Å². The Balaban J connectivity index is 0. The van der Waals surface area contributed by atoms with E-state index >= 15 is 0 Å². The van der Waals surface area contributed by atoms with Gasteiger partial charge in [-0.3, -0.25) is 9.11 Å². The summed E-state index contributed by atoms with van der Waals surface area (Å²) in [5, 5.41) is 0. The number of hydrogen-bond donors (Lipinski definition) is 2. The van der Waals surface area contributed by atoms with Gasteiger partial charge in [-0.05, 0) is 0 Å². The van der Waals surface area contributed by atoms with Crippen LogP contribution in [0.5, 0.6) is 0 Å². The Hall–Kier alpha value is 0.553. The van der Waals surface area contributed by atoms with Crippen molar-refractivity contribution in [1.29, 1.82) is 0 Å². The first kappa shape index (κ1) is 10.5. The third-order valence-electron chi connectivity index (χ3n) is 0. The fraction of sp³-hybridized carbons (Fsp3) is 0. The van der Waals surface area contributed by atoms with Gasteiger partial charge in [0.2, 0.25) is 0 Å². The van der Waals surface area contributed by atoms with Crippen molar-refractivity contribution in [3.05, 3.63) is 0 Å². The Bertz CT molecular complexity index is 102. The van der Waals surface area contributed by atoms with Gasteiger partial charge in [0.1, 0.15) is 0 Å². The fourth-order valence-corrected chi connectivity index (χ4v) is 0. The summed E-state index contributed by atoms with van der Waals surface area (Å²) in [4.78, 5) is 0. The molecular weight excluding hydrogens is 203 g/mol. The third kappa shape index (κ3) is 444. The Morgan fingerprint density at radius 2 is 1.14 bits per heavy atom. The van der Waals surface area contributed by atoms with Gasteiger partial charge in [-0.1, -0.05) is 0 Å². The van der Waals surface area contributed by atoms with Gasteiger partial charge >= 0.3 is 37.9 Å². The molecule has 0 bridgehead atoms. The van der Waals surface area contributed by atoms with Crippen LogP contribution < -0.4 is 0 Å². The Kier molecular flexibility index (Phi) is 7.07. The summed E-state index contributed by atoms with van der Waals surface area (Å²) in [7, 11) is -4.67. The van der Waals surface area contributed by atoms with Crippen molar-refractivity contribution in [1.82, 2.24) is 0 Å². The van der Waals surface area contributed by atoms with Crippen molar-refractivity contribution in [2.75, 3.05) is 0 Å². The molecule has 2 N–H and O–H groups in total. The molecular formula is H2O5SZr. The summed E-state index contributed by atoms with van der Waals surface area (Å²) in [5.41, 5.74) is 0. The van der Waals surface area contributed by atoms with Crippen LogP contribution in [0.15, 0.2) is 0 Å². The summed E-state index contributed by atoms with van der Waals surface area (Å²) in [6.07, 6.45) is 0. The summed E-state index contributed by atoms with van der Waals surface area (Å²) in [6.45, 7) is 0. The molecule has 0 saturated carbocycles. The van der Waals surface area contributed by atoms with E-state index < -0.39 is 10.4 Å². The average molecular weight is 205 g/mol. The van der Waals surface area contributed by atoms with Crippen LogP contribution in [-0.4, -0.2) is 17.5 Å². The molecule has 0 unspecified atom stereocenters. The molecule has 7 heteroatoms. The molecule has 42 valence electrons. The molecule has 0 spiro atoms. The van der Waals surface area contributed by atoms with Gasteiger partial charge in [-0.15, -0.1) is 0 Å². The quantitative estimate of drug-likeness (QED) is 0.506. The van der Waals surface area contributed by atoms with Crippen LogP contribution in [0.25, 0.3) is 0 Å². The molecule has 0 fully saturated rings. The van der Waals surface area contributed by atoms with Gasteiger partial charge in [-0.2, -0.15) is 8.42 Å². The molecule has 0 saturated heterocycles. The fourth-order valence-electron chi connectivity index (χ4n) is 0. The van der Waals surface area contributed by atoms with Crippen molar-refractivity contribution in [2.24, 2.45) is 0 Å². The maximum atomic E-state index is 8.74. The first-order valence-corrected chi connectivity index (χ1v) is 3.30. The van der Waals surface area contributed by atoms with Crippen LogP contribution in [0.3, 0.4) is 0 Å². The number of hydrogen-bond acceptors (Lipinski definition) is 3. The van der Waals surface area contributed by atoms with Gasteiger partial charge in [0.15, 0.2) is 0 Å². The Labute approximate surface area is 55.6 Å². The minimum atomic E-state index is -4.67. The number of rotatable bonds is 0. The third-order valence-corrected chi connectivity index (χ3v) is 0. The van der Waals surface area contributed by atoms with Crippen LogP contribution in [0.1, 0.15) is 0 Å². The predicted octanol–water partition coefficient (Wildman–Crippen LogP) is -0.774. The van der Waals surface area contributed by atoms with Gasteiger partial charge in [0.05, 0.1) is 0 Å². The first-order valence-electron chi connectivity index (χ1n) is 0.903. The summed E-state index contributed by atoms with van der Waals surface area (Å²) in [5.74, 6) is 0. The standard InChI is InChI=1S/H2O4S.O.Zr/c1-5(2,3)4;;/h(H2,1,2,3,4);;. The summed E-state index contributed by atoms with van der Waals surface area (Å²) in [6, 6.07) is 0. The van der Waals surface area contributed by atoms with E-state index in [1.54, 1.807) is 0 Å². The summed E-state index contributed by atoms with van der Waals surface area (Å²) >= 11 is 0.300. The molecule has 7 heavy (non-hydrogen) atoms. The predicted molar refractivity (Wildman–Crippen MR) is 14.9 cm³/mol. The van der Waals surface area contributed by atoms with Crippen molar-refractivity contribution >= 4 is 10.4 Å². The average Bonchev–Trinajstić information content (AvgIpc) is 1.36. The van der Waals surface area contributed by atoms with Gasteiger partial charge in [0.25, 0.3) is 0 Å². The van der Waals surface area contributed by atoms with E-state index in [2.05, 4.69) is 0 Å². The van der Waals surface area contributed by atoms with Crippen LogP contribution in [0.4, 0.5) is 0 Å². The molecule has 0 aromatic rings. The topological polar surface area (TPSA) is 91.7 Å². The monoisotopic (exact) mass is 204 g/mol. The molecule has 0 aromatic heterocycles. The second kappa shape index (κ2) is 4.71. The molecule has 5 nitrogen and oxygen atoms in total. The molecule has 0 heterocycles. The van der Waals surface area contributed by atoms with Gasteiger partial charge in [-0.25, -0.2) is 0 Å². The second-order valence-corrected chi connectivity index (χ2v) is 1.34. The Morgan fingerprint density at radius 3 is 1.14 bits per heavy atom. The van der Waals surface area contributed by atoms with Crippen LogP contribution >= 0.6 is 0 Å². The van der Waals surface area contributed by atoms with E-state index in [0.717, 1.165) is 0 Å². The summed E-state index contributed by atoms with van der Waals surface area (Å²) < 4.78 is 39.9. The molecule has 0 atom stereocenters. The SMILES string of the molecule is O=S(=O)(O)O.[O]=[Zr]. The first-order chi connectivity index (χ1) is 3.00. The molecule has 0 rings (SSSR count). The van der Waals surface area contributed by atoms with Crippen LogP contribution in [0, 0.1) is 0 Å². The molecule has 0 aliphatic carbocycles. The van der Waals surface area contributed by atoms with E-state index in [0.29, 0.717) is 24.7 Å². The Morgan fingerprint density at radius 1 is 1.14 bits per heavy atom. The van der Waals surface area contributed by atoms with E-state index in [-0.39, 0.29) is 0 Å². The van der Waals surface area contributed by atoms with Crippen molar-refractivity contribution in [2.45, 2.75) is 0 Å².